The van der Waals surface area contributed by atoms with Gasteiger partial charge in [-0.05, 0) is 56.1 Å². The first kappa shape index (κ1) is 15.8. The molecule has 0 saturated heterocycles. The van der Waals surface area contributed by atoms with Crippen LogP contribution in [0.2, 0.25) is 0 Å². The van der Waals surface area contributed by atoms with Crippen molar-refractivity contribution in [3.63, 3.8) is 0 Å². The van der Waals surface area contributed by atoms with E-state index in [1.54, 1.807) is 6.07 Å². The van der Waals surface area contributed by atoms with Gasteiger partial charge in [-0.1, -0.05) is 0 Å². The topological polar surface area (TPSA) is 48.7 Å². The maximum Gasteiger partial charge on any atom is 0.417 e. The first-order valence-electron chi connectivity index (χ1n) is 5.50. The van der Waals surface area contributed by atoms with Gasteiger partial charge in [0, 0.05) is 16.4 Å². The number of alkyl halides is 3. The summed E-state index contributed by atoms with van der Waals surface area (Å²) in [6.45, 7) is 0. The van der Waals surface area contributed by atoms with Gasteiger partial charge in [0.2, 0.25) is 0 Å². The van der Waals surface area contributed by atoms with Crippen LogP contribution in [0.25, 0.3) is 0 Å². The van der Waals surface area contributed by atoms with E-state index in [1.807, 2.05) is 0 Å². The molecule has 2 rings (SSSR count). The van der Waals surface area contributed by atoms with Gasteiger partial charge in [-0.3, -0.25) is 0 Å². The highest BCUT2D eigenvalue weighted by atomic mass is 79.9. The van der Waals surface area contributed by atoms with Crippen LogP contribution in [0.3, 0.4) is 0 Å². The zero-order valence-electron chi connectivity index (χ0n) is 10.2. The third kappa shape index (κ3) is 3.74. The third-order valence-electron chi connectivity index (χ3n) is 2.52. The average Bonchev–Trinajstić information content (AvgIpc) is 2.41. The van der Waals surface area contributed by atoms with Gasteiger partial charge < -0.3 is 5.32 Å². The van der Waals surface area contributed by atoms with Crippen LogP contribution >= 0.6 is 31.9 Å². The molecule has 2 aromatic rings. The molecule has 21 heavy (non-hydrogen) atoms. The Morgan fingerprint density at radius 3 is 2.48 bits per heavy atom. The van der Waals surface area contributed by atoms with E-state index in [0.717, 1.165) is 16.6 Å². The molecule has 0 aliphatic heterocycles. The van der Waals surface area contributed by atoms with Crippen molar-refractivity contribution in [2.24, 2.45) is 0 Å². The van der Waals surface area contributed by atoms with Gasteiger partial charge >= 0.3 is 6.18 Å². The normalized spacial score (nSPS) is 11.0. The van der Waals surface area contributed by atoms with Crippen LogP contribution in [0.5, 0.6) is 0 Å². The lowest BCUT2D eigenvalue weighted by molar-refractivity contribution is -0.137. The minimum atomic E-state index is -4.59. The molecule has 0 spiro atoms. The van der Waals surface area contributed by atoms with Crippen LogP contribution in [0.15, 0.2) is 39.4 Å². The van der Waals surface area contributed by atoms with Crippen LogP contribution in [-0.4, -0.2) is 4.98 Å². The van der Waals surface area contributed by atoms with E-state index in [9.17, 15) is 13.2 Å². The van der Waals surface area contributed by atoms with E-state index >= 15 is 0 Å². The lowest BCUT2D eigenvalue weighted by atomic mass is 10.1. The Balaban J connectivity index is 2.40. The van der Waals surface area contributed by atoms with E-state index in [1.165, 1.54) is 18.3 Å². The van der Waals surface area contributed by atoms with Crippen LogP contribution in [0, 0.1) is 11.3 Å². The molecule has 1 heterocycles. The summed E-state index contributed by atoms with van der Waals surface area (Å²) in [6.07, 6.45) is -3.07. The number of hydrogen-bond acceptors (Lipinski definition) is 3. The molecule has 1 aromatic carbocycles. The van der Waals surface area contributed by atoms with Crippen molar-refractivity contribution < 1.29 is 13.2 Å². The number of benzene rings is 1. The van der Waals surface area contributed by atoms with Crippen molar-refractivity contribution in [2.45, 2.75) is 6.18 Å². The summed E-state index contributed by atoms with van der Waals surface area (Å²) in [5.74, 6) is 0.371. The standard InChI is InChI=1S/C13H6Br2F3N3/c14-8-3-11(15)12(20-6-8)21-9-2-1-7(5-19)10(4-9)13(16,17)18/h1-4,6H,(H,20,21). The second-order valence-electron chi connectivity index (χ2n) is 3.98. The summed E-state index contributed by atoms with van der Waals surface area (Å²) < 4.78 is 40.0. The quantitative estimate of drug-likeness (QED) is 0.722. The Kier molecular flexibility index (Phi) is 4.54. The molecular formula is C13H6Br2F3N3. The summed E-state index contributed by atoms with van der Waals surface area (Å²) in [5.41, 5.74) is -1.21. The number of nitriles is 1. The number of nitrogens with zero attached hydrogens (tertiary/aromatic N) is 2. The van der Waals surface area contributed by atoms with E-state index in [0.29, 0.717) is 10.3 Å². The summed E-state index contributed by atoms with van der Waals surface area (Å²) in [4.78, 5) is 4.06. The number of halogens is 5. The van der Waals surface area contributed by atoms with Gasteiger partial charge in [0.15, 0.2) is 0 Å². The molecule has 1 N–H and O–H groups in total. The molecular weight excluding hydrogens is 415 g/mol. The molecule has 0 amide bonds. The smallest absolute Gasteiger partial charge is 0.339 e. The molecule has 0 fully saturated rings. The predicted molar refractivity (Wildman–Crippen MR) is 79.1 cm³/mol. The lowest BCUT2D eigenvalue weighted by Gasteiger charge is -2.12. The summed E-state index contributed by atoms with van der Waals surface area (Å²) >= 11 is 6.49. The Morgan fingerprint density at radius 1 is 1.19 bits per heavy atom. The van der Waals surface area contributed by atoms with Crippen LogP contribution < -0.4 is 5.32 Å². The van der Waals surface area contributed by atoms with Crippen molar-refractivity contribution >= 4 is 43.4 Å². The molecule has 0 aliphatic carbocycles. The maximum absolute atomic E-state index is 12.9. The zero-order chi connectivity index (χ0) is 15.6. The molecule has 8 heteroatoms. The van der Waals surface area contributed by atoms with Crippen LogP contribution in [-0.2, 0) is 6.18 Å². The van der Waals surface area contributed by atoms with Crippen LogP contribution in [0.1, 0.15) is 11.1 Å². The number of nitrogens with one attached hydrogen (secondary N) is 1. The van der Waals surface area contributed by atoms with Crippen molar-refractivity contribution in [3.8, 4) is 6.07 Å². The van der Waals surface area contributed by atoms with Gasteiger partial charge in [-0.15, -0.1) is 0 Å². The fourth-order valence-electron chi connectivity index (χ4n) is 1.60. The highest BCUT2D eigenvalue weighted by molar-refractivity contribution is 9.11. The minimum absolute atomic E-state index is 0.192. The maximum atomic E-state index is 12.9. The molecule has 0 aliphatic rings. The monoisotopic (exact) mass is 419 g/mol. The Bertz CT molecular complexity index is 724. The fourth-order valence-corrected chi connectivity index (χ4v) is 2.68. The number of aromatic nitrogens is 1. The first-order chi connectivity index (χ1) is 9.81. The third-order valence-corrected chi connectivity index (χ3v) is 3.55. The lowest BCUT2D eigenvalue weighted by Crippen LogP contribution is -2.08. The highest BCUT2D eigenvalue weighted by Crippen LogP contribution is 2.34. The molecule has 108 valence electrons. The van der Waals surface area contributed by atoms with Crippen molar-refractivity contribution in [3.05, 3.63) is 50.5 Å². The average molecular weight is 421 g/mol. The second-order valence-corrected chi connectivity index (χ2v) is 5.75. The molecule has 1 aromatic heterocycles. The summed E-state index contributed by atoms with van der Waals surface area (Å²) in [6, 6.07) is 6.64. The number of rotatable bonds is 2. The Labute approximate surface area is 135 Å². The predicted octanol–water partition coefficient (Wildman–Crippen LogP) is 5.24. The number of hydrogen-bond donors (Lipinski definition) is 1. The molecule has 0 bridgehead atoms. The van der Waals surface area contributed by atoms with Gasteiger partial charge in [-0.25, -0.2) is 4.98 Å². The largest absolute Gasteiger partial charge is 0.417 e. The van der Waals surface area contributed by atoms with Crippen LogP contribution in [0.4, 0.5) is 24.7 Å². The second kappa shape index (κ2) is 6.03. The van der Waals surface area contributed by atoms with E-state index < -0.39 is 17.3 Å². The van der Waals surface area contributed by atoms with E-state index in [2.05, 4.69) is 42.2 Å². The molecule has 0 radical (unpaired) electrons. The summed E-state index contributed by atoms with van der Waals surface area (Å²) in [7, 11) is 0. The summed E-state index contributed by atoms with van der Waals surface area (Å²) in [5, 5.41) is 11.5. The van der Waals surface area contributed by atoms with Crippen molar-refractivity contribution in [1.82, 2.24) is 4.98 Å². The Morgan fingerprint density at radius 2 is 1.90 bits per heavy atom. The van der Waals surface area contributed by atoms with Crippen molar-refractivity contribution in [2.75, 3.05) is 5.32 Å². The number of pyridine rings is 1. The molecule has 0 saturated carbocycles. The van der Waals surface area contributed by atoms with E-state index in [4.69, 9.17) is 5.26 Å². The number of anilines is 2. The van der Waals surface area contributed by atoms with Gasteiger partial charge in [0.25, 0.3) is 0 Å². The van der Waals surface area contributed by atoms with Gasteiger partial charge in [-0.2, -0.15) is 18.4 Å². The van der Waals surface area contributed by atoms with Gasteiger partial charge in [0.1, 0.15) is 5.82 Å². The van der Waals surface area contributed by atoms with Crippen molar-refractivity contribution in [1.29, 1.82) is 5.26 Å². The highest BCUT2D eigenvalue weighted by Gasteiger charge is 2.33. The SMILES string of the molecule is N#Cc1ccc(Nc2ncc(Br)cc2Br)cc1C(F)(F)F. The van der Waals surface area contributed by atoms with E-state index in [-0.39, 0.29) is 5.69 Å². The van der Waals surface area contributed by atoms with Gasteiger partial charge in [0.05, 0.1) is 21.7 Å². The molecule has 0 unspecified atom stereocenters. The molecule has 3 nitrogen and oxygen atoms in total. The molecule has 0 atom stereocenters. The minimum Gasteiger partial charge on any atom is -0.339 e. The Hall–Kier alpha value is -1.59. The fraction of sp³-hybridized carbons (Fsp3) is 0.0769. The zero-order valence-corrected chi connectivity index (χ0v) is 13.3. The first-order valence-corrected chi connectivity index (χ1v) is 7.09.